The number of likely N-dealkylation sites (N-methyl/N-ethyl adjacent to an activating group) is 1. The summed E-state index contributed by atoms with van der Waals surface area (Å²) in [5, 5.41) is 9.68. The molecule has 0 aliphatic rings. The van der Waals surface area contributed by atoms with Gasteiger partial charge in [-0.25, -0.2) is 4.98 Å². The van der Waals surface area contributed by atoms with Crippen LogP contribution >= 0.6 is 0 Å². The van der Waals surface area contributed by atoms with Crippen LogP contribution in [-0.2, 0) is 6.54 Å². The van der Waals surface area contributed by atoms with Gasteiger partial charge >= 0.3 is 0 Å². The Bertz CT molecular complexity index is 334. The molecule has 0 bridgehead atoms. The van der Waals surface area contributed by atoms with Gasteiger partial charge in [-0.05, 0) is 27.0 Å². The van der Waals surface area contributed by atoms with Gasteiger partial charge in [-0.3, -0.25) is 4.90 Å². The van der Waals surface area contributed by atoms with Crippen molar-refractivity contribution in [2.24, 2.45) is 0 Å². The van der Waals surface area contributed by atoms with Crippen LogP contribution in [-0.4, -0.2) is 41.3 Å². The van der Waals surface area contributed by atoms with E-state index in [1.165, 1.54) is 0 Å². The minimum Gasteiger partial charge on any atom is -0.481 e. The van der Waals surface area contributed by atoms with E-state index in [9.17, 15) is 5.11 Å². The van der Waals surface area contributed by atoms with Crippen LogP contribution in [0.5, 0.6) is 5.88 Å². The van der Waals surface area contributed by atoms with Gasteiger partial charge in [0.15, 0.2) is 0 Å². The first-order chi connectivity index (χ1) is 7.40. The predicted molar refractivity (Wildman–Crippen MR) is 63.4 cm³/mol. The average Bonchev–Trinajstić information content (AvgIpc) is 2.15. The van der Waals surface area contributed by atoms with E-state index in [2.05, 4.69) is 4.98 Å². The number of rotatable bonds is 5. The maximum atomic E-state index is 9.68. The van der Waals surface area contributed by atoms with E-state index in [1.807, 2.05) is 30.1 Å². The minimum absolute atomic E-state index is 0.603. The van der Waals surface area contributed by atoms with Crippen molar-refractivity contribution in [3.8, 4) is 5.88 Å². The lowest BCUT2D eigenvalue weighted by Crippen LogP contribution is -2.35. The van der Waals surface area contributed by atoms with E-state index >= 15 is 0 Å². The third kappa shape index (κ3) is 4.59. The second-order valence-electron chi connectivity index (χ2n) is 4.66. The highest BCUT2D eigenvalue weighted by atomic mass is 16.5. The lowest BCUT2D eigenvalue weighted by molar-refractivity contribution is 0.0421. The van der Waals surface area contributed by atoms with Crippen molar-refractivity contribution in [2.75, 3.05) is 20.7 Å². The Morgan fingerprint density at radius 1 is 1.44 bits per heavy atom. The molecule has 1 aromatic heterocycles. The highest BCUT2D eigenvalue weighted by Gasteiger charge is 2.15. The first-order valence-electron chi connectivity index (χ1n) is 5.31. The topological polar surface area (TPSA) is 45.6 Å². The molecule has 1 heterocycles. The number of hydrogen-bond acceptors (Lipinski definition) is 4. The molecule has 4 heteroatoms. The predicted octanol–water partition coefficient (Wildman–Crippen LogP) is 1.29. The summed E-state index contributed by atoms with van der Waals surface area (Å²) in [7, 11) is 3.56. The van der Waals surface area contributed by atoms with E-state index in [1.54, 1.807) is 21.0 Å². The van der Waals surface area contributed by atoms with Crippen LogP contribution in [0.3, 0.4) is 0 Å². The number of aliphatic hydroxyl groups is 1. The summed E-state index contributed by atoms with van der Waals surface area (Å²) >= 11 is 0. The monoisotopic (exact) mass is 224 g/mol. The molecule has 16 heavy (non-hydrogen) atoms. The molecule has 1 aromatic rings. The van der Waals surface area contributed by atoms with Crippen molar-refractivity contribution in [3.05, 3.63) is 23.9 Å². The fourth-order valence-corrected chi connectivity index (χ4v) is 1.65. The Morgan fingerprint density at radius 2 is 2.12 bits per heavy atom. The van der Waals surface area contributed by atoms with Crippen LogP contribution < -0.4 is 4.74 Å². The number of nitrogens with zero attached hydrogens (tertiary/aromatic N) is 2. The first kappa shape index (κ1) is 12.9. The zero-order chi connectivity index (χ0) is 12.2. The van der Waals surface area contributed by atoms with E-state index < -0.39 is 5.60 Å². The Hall–Kier alpha value is -1.13. The van der Waals surface area contributed by atoms with Crippen molar-refractivity contribution in [1.29, 1.82) is 0 Å². The molecule has 0 unspecified atom stereocenters. The van der Waals surface area contributed by atoms with E-state index in [0.717, 1.165) is 5.69 Å². The third-order valence-electron chi connectivity index (χ3n) is 2.08. The second-order valence-corrected chi connectivity index (χ2v) is 4.66. The quantitative estimate of drug-likeness (QED) is 0.818. The van der Waals surface area contributed by atoms with Crippen molar-refractivity contribution in [1.82, 2.24) is 9.88 Å². The fourth-order valence-electron chi connectivity index (χ4n) is 1.65. The molecule has 0 saturated carbocycles. The third-order valence-corrected chi connectivity index (χ3v) is 2.08. The largest absolute Gasteiger partial charge is 0.481 e. The van der Waals surface area contributed by atoms with Gasteiger partial charge in [-0.15, -0.1) is 0 Å². The number of pyridine rings is 1. The molecule has 1 rings (SSSR count). The van der Waals surface area contributed by atoms with Crippen molar-refractivity contribution >= 4 is 0 Å². The lowest BCUT2D eigenvalue weighted by Gasteiger charge is -2.25. The molecular formula is C12H20N2O2. The molecule has 90 valence electrons. The zero-order valence-electron chi connectivity index (χ0n) is 10.4. The molecule has 4 nitrogen and oxygen atoms in total. The van der Waals surface area contributed by atoms with E-state index in [-0.39, 0.29) is 0 Å². The summed E-state index contributed by atoms with van der Waals surface area (Å²) in [5.41, 5.74) is 0.249. The summed E-state index contributed by atoms with van der Waals surface area (Å²) < 4.78 is 5.06. The highest BCUT2D eigenvalue weighted by Crippen LogP contribution is 2.10. The standard InChI is InChI=1S/C12H20N2O2/c1-12(2,15)9-14(3)8-10-6-5-7-11(13-10)16-4/h5-7,15H,8-9H2,1-4H3. The Labute approximate surface area is 96.9 Å². The molecule has 0 aliphatic heterocycles. The number of methoxy groups -OCH3 is 1. The average molecular weight is 224 g/mol. The summed E-state index contributed by atoms with van der Waals surface area (Å²) in [6, 6.07) is 5.68. The summed E-state index contributed by atoms with van der Waals surface area (Å²) in [4.78, 5) is 6.35. The van der Waals surface area contributed by atoms with Crippen LogP contribution in [0.2, 0.25) is 0 Å². The molecule has 0 amide bonds. The minimum atomic E-state index is -0.687. The number of hydrogen-bond donors (Lipinski definition) is 1. The van der Waals surface area contributed by atoms with Gasteiger partial charge in [-0.2, -0.15) is 0 Å². The van der Waals surface area contributed by atoms with Gasteiger partial charge in [0.2, 0.25) is 5.88 Å². The fraction of sp³-hybridized carbons (Fsp3) is 0.583. The molecule has 0 saturated heterocycles. The van der Waals surface area contributed by atoms with Gasteiger partial charge in [0.25, 0.3) is 0 Å². The van der Waals surface area contributed by atoms with Crippen molar-refractivity contribution in [2.45, 2.75) is 26.0 Å². The van der Waals surface area contributed by atoms with Crippen LogP contribution in [0.15, 0.2) is 18.2 Å². The van der Waals surface area contributed by atoms with Crippen LogP contribution in [0.25, 0.3) is 0 Å². The van der Waals surface area contributed by atoms with E-state index in [0.29, 0.717) is 19.0 Å². The van der Waals surface area contributed by atoms with Gasteiger partial charge < -0.3 is 9.84 Å². The molecular weight excluding hydrogens is 204 g/mol. The molecule has 0 aromatic carbocycles. The van der Waals surface area contributed by atoms with Crippen molar-refractivity contribution in [3.63, 3.8) is 0 Å². The lowest BCUT2D eigenvalue weighted by atomic mass is 10.1. The second kappa shape index (κ2) is 5.27. The van der Waals surface area contributed by atoms with E-state index in [4.69, 9.17) is 4.74 Å². The highest BCUT2D eigenvalue weighted by molar-refractivity contribution is 5.15. The normalized spacial score (nSPS) is 11.9. The Balaban J connectivity index is 2.59. The maximum absolute atomic E-state index is 9.68. The summed E-state index contributed by atoms with van der Waals surface area (Å²) in [6.45, 7) is 4.89. The van der Waals surface area contributed by atoms with Crippen LogP contribution in [0, 0.1) is 0 Å². The summed E-state index contributed by atoms with van der Waals surface area (Å²) in [6.07, 6.45) is 0. The number of ether oxygens (including phenoxy) is 1. The molecule has 0 atom stereocenters. The molecule has 0 spiro atoms. The molecule has 1 N–H and O–H groups in total. The van der Waals surface area contributed by atoms with Gasteiger partial charge in [-0.1, -0.05) is 6.07 Å². The molecule has 0 aliphatic carbocycles. The van der Waals surface area contributed by atoms with Crippen LogP contribution in [0.1, 0.15) is 19.5 Å². The van der Waals surface area contributed by atoms with Crippen molar-refractivity contribution < 1.29 is 9.84 Å². The zero-order valence-corrected chi connectivity index (χ0v) is 10.4. The van der Waals surface area contributed by atoms with Gasteiger partial charge in [0.05, 0.1) is 18.4 Å². The molecule has 0 fully saturated rings. The smallest absolute Gasteiger partial charge is 0.213 e. The van der Waals surface area contributed by atoms with Gasteiger partial charge in [0.1, 0.15) is 0 Å². The van der Waals surface area contributed by atoms with Crippen LogP contribution in [0.4, 0.5) is 0 Å². The summed E-state index contributed by atoms with van der Waals surface area (Å²) in [5.74, 6) is 0.620. The molecule has 0 radical (unpaired) electrons. The Morgan fingerprint density at radius 3 is 2.69 bits per heavy atom. The maximum Gasteiger partial charge on any atom is 0.213 e. The Kier molecular flexibility index (Phi) is 4.26. The number of aromatic nitrogens is 1. The first-order valence-corrected chi connectivity index (χ1v) is 5.31. The SMILES string of the molecule is COc1cccc(CN(C)CC(C)(C)O)n1. The van der Waals surface area contributed by atoms with Gasteiger partial charge in [0, 0.05) is 19.2 Å².